The summed E-state index contributed by atoms with van der Waals surface area (Å²) in [4.78, 5) is 18.5. The molecule has 0 fully saturated rings. The summed E-state index contributed by atoms with van der Waals surface area (Å²) in [5, 5.41) is 6.12. The average molecular weight is 377 g/mol. The highest BCUT2D eigenvalue weighted by Crippen LogP contribution is 2.16. The van der Waals surface area contributed by atoms with Crippen molar-refractivity contribution in [2.75, 3.05) is 37.8 Å². The number of nitrogens with one attached hydrogen (secondary N) is 2. The van der Waals surface area contributed by atoms with Crippen LogP contribution in [-0.2, 0) is 0 Å². The Bertz CT molecular complexity index is 643. The van der Waals surface area contributed by atoms with E-state index in [-0.39, 0.29) is 5.91 Å². The van der Waals surface area contributed by atoms with Gasteiger partial charge >= 0.3 is 0 Å². The van der Waals surface area contributed by atoms with Crippen LogP contribution < -0.4 is 10.6 Å². The summed E-state index contributed by atoms with van der Waals surface area (Å²) in [5.74, 6) is -0.220. The molecule has 0 spiro atoms. The molecule has 1 amide bonds. The van der Waals surface area contributed by atoms with Gasteiger partial charge in [-0.25, -0.2) is 4.98 Å². The Kier molecular flexibility index (Phi) is 6.55. The van der Waals surface area contributed by atoms with Crippen LogP contribution >= 0.6 is 15.9 Å². The monoisotopic (exact) mass is 376 g/mol. The lowest BCUT2D eigenvalue weighted by Crippen LogP contribution is -2.16. The van der Waals surface area contributed by atoms with Crippen LogP contribution in [-0.4, -0.2) is 43.0 Å². The number of hydrogen-bond donors (Lipinski definition) is 2. The second-order valence-corrected chi connectivity index (χ2v) is 6.40. The van der Waals surface area contributed by atoms with Gasteiger partial charge in [-0.05, 0) is 57.4 Å². The van der Waals surface area contributed by atoms with Gasteiger partial charge in [-0.3, -0.25) is 4.79 Å². The summed E-state index contributed by atoms with van der Waals surface area (Å²) < 4.78 is 0.917. The van der Waals surface area contributed by atoms with Crippen LogP contribution in [0.1, 0.15) is 16.9 Å². The number of nitrogens with zero attached hydrogens (tertiary/aromatic N) is 2. The molecule has 23 heavy (non-hydrogen) atoms. The molecule has 0 aliphatic rings. The van der Waals surface area contributed by atoms with Gasteiger partial charge in [0, 0.05) is 16.7 Å². The number of anilines is 2. The van der Waals surface area contributed by atoms with Crippen molar-refractivity contribution in [1.82, 2.24) is 9.88 Å². The van der Waals surface area contributed by atoms with Crippen molar-refractivity contribution < 1.29 is 4.79 Å². The van der Waals surface area contributed by atoms with Crippen LogP contribution in [0, 0.1) is 0 Å². The van der Waals surface area contributed by atoms with E-state index in [1.54, 1.807) is 12.3 Å². The molecule has 1 aromatic heterocycles. The number of benzene rings is 1. The average Bonchev–Trinajstić information content (AvgIpc) is 2.52. The Hall–Kier alpha value is -1.92. The van der Waals surface area contributed by atoms with Crippen LogP contribution in [0.25, 0.3) is 0 Å². The Morgan fingerprint density at radius 1 is 1.22 bits per heavy atom. The standard InChI is InChI=1S/C17H21BrN4O/c1-22(2)10-4-9-19-15-7-8-16(20-12-15)17(23)21-14-6-3-5-13(18)11-14/h3,5-8,11-12,19H,4,9-10H2,1-2H3,(H,21,23). The third-order valence-electron chi connectivity index (χ3n) is 3.19. The fourth-order valence-electron chi connectivity index (χ4n) is 2.02. The predicted octanol–water partition coefficient (Wildman–Crippen LogP) is 3.46. The van der Waals surface area contributed by atoms with Crippen molar-refractivity contribution in [2.24, 2.45) is 0 Å². The molecule has 0 radical (unpaired) electrons. The third kappa shape index (κ3) is 6.00. The smallest absolute Gasteiger partial charge is 0.274 e. The first-order chi connectivity index (χ1) is 11.0. The summed E-state index contributed by atoms with van der Waals surface area (Å²) in [5.41, 5.74) is 2.05. The minimum Gasteiger partial charge on any atom is -0.384 e. The Morgan fingerprint density at radius 2 is 2.04 bits per heavy atom. The third-order valence-corrected chi connectivity index (χ3v) is 3.68. The molecule has 6 heteroatoms. The quantitative estimate of drug-likeness (QED) is 0.726. The van der Waals surface area contributed by atoms with E-state index in [1.165, 1.54) is 0 Å². The van der Waals surface area contributed by atoms with Gasteiger partial charge in [-0.1, -0.05) is 22.0 Å². The van der Waals surface area contributed by atoms with E-state index in [9.17, 15) is 4.79 Å². The maximum absolute atomic E-state index is 12.2. The molecule has 2 rings (SSSR count). The second-order valence-electron chi connectivity index (χ2n) is 5.48. The molecule has 0 saturated carbocycles. The zero-order valence-electron chi connectivity index (χ0n) is 13.3. The van der Waals surface area contributed by atoms with Crippen molar-refractivity contribution in [1.29, 1.82) is 0 Å². The van der Waals surface area contributed by atoms with Gasteiger partial charge < -0.3 is 15.5 Å². The van der Waals surface area contributed by atoms with Crippen LogP contribution in [0.15, 0.2) is 47.1 Å². The SMILES string of the molecule is CN(C)CCCNc1ccc(C(=O)Nc2cccc(Br)c2)nc1. The molecular formula is C17H21BrN4O. The fraction of sp³-hybridized carbons (Fsp3) is 0.294. The molecule has 0 bridgehead atoms. The van der Waals surface area contributed by atoms with Crippen LogP contribution in [0.3, 0.4) is 0 Å². The second kappa shape index (κ2) is 8.64. The van der Waals surface area contributed by atoms with E-state index < -0.39 is 0 Å². The first-order valence-corrected chi connectivity index (χ1v) is 8.25. The molecule has 0 aliphatic heterocycles. The summed E-state index contributed by atoms with van der Waals surface area (Å²) in [6, 6.07) is 11.1. The normalized spacial score (nSPS) is 10.6. The number of amides is 1. The molecule has 0 saturated heterocycles. The molecule has 5 nitrogen and oxygen atoms in total. The Labute approximate surface area is 145 Å². The molecule has 0 unspecified atom stereocenters. The van der Waals surface area contributed by atoms with E-state index in [0.29, 0.717) is 5.69 Å². The number of carbonyl (C=O) groups is 1. The molecule has 122 valence electrons. The largest absolute Gasteiger partial charge is 0.384 e. The summed E-state index contributed by atoms with van der Waals surface area (Å²) >= 11 is 3.38. The summed E-state index contributed by atoms with van der Waals surface area (Å²) in [6.45, 7) is 1.91. The maximum atomic E-state index is 12.2. The van der Waals surface area contributed by atoms with Gasteiger partial charge in [0.05, 0.1) is 11.9 Å². The van der Waals surface area contributed by atoms with E-state index in [0.717, 1.165) is 35.4 Å². The van der Waals surface area contributed by atoms with E-state index in [1.807, 2.05) is 30.3 Å². The number of aromatic nitrogens is 1. The van der Waals surface area contributed by atoms with Gasteiger partial charge in [0.25, 0.3) is 5.91 Å². The molecule has 2 aromatic rings. The number of carbonyl (C=O) groups excluding carboxylic acids is 1. The van der Waals surface area contributed by atoms with Crippen LogP contribution in [0.4, 0.5) is 11.4 Å². The van der Waals surface area contributed by atoms with Crippen molar-refractivity contribution in [2.45, 2.75) is 6.42 Å². The molecule has 1 aromatic carbocycles. The number of hydrogen-bond acceptors (Lipinski definition) is 4. The van der Waals surface area contributed by atoms with Crippen LogP contribution in [0.5, 0.6) is 0 Å². The van der Waals surface area contributed by atoms with Gasteiger partial charge in [0.15, 0.2) is 0 Å². The van der Waals surface area contributed by atoms with Gasteiger partial charge in [0.2, 0.25) is 0 Å². The van der Waals surface area contributed by atoms with E-state index in [4.69, 9.17) is 0 Å². The van der Waals surface area contributed by atoms with Crippen molar-refractivity contribution >= 4 is 33.2 Å². The minimum absolute atomic E-state index is 0.220. The van der Waals surface area contributed by atoms with Gasteiger partial charge in [-0.2, -0.15) is 0 Å². The molecule has 1 heterocycles. The zero-order valence-corrected chi connectivity index (χ0v) is 14.9. The van der Waals surface area contributed by atoms with E-state index >= 15 is 0 Å². The fourth-order valence-corrected chi connectivity index (χ4v) is 2.42. The molecule has 0 aliphatic carbocycles. The summed E-state index contributed by atoms with van der Waals surface area (Å²) in [7, 11) is 4.11. The lowest BCUT2D eigenvalue weighted by Gasteiger charge is -2.10. The first-order valence-electron chi connectivity index (χ1n) is 7.46. The van der Waals surface area contributed by atoms with Gasteiger partial charge in [-0.15, -0.1) is 0 Å². The first kappa shape index (κ1) is 17.4. The lowest BCUT2D eigenvalue weighted by atomic mass is 10.3. The summed E-state index contributed by atoms with van der Waals surface area (Å²) in [6.07, 6.45) is 2.74. The molecular weight excluding hydrogens is 356 g/mol. The highest BCUT2D eigenvalue weighted by atomic mass is 79.9. The van der Waals surface area contributed by atoms with Crippen molar-refractivity contribution in [3.05, 3.63) is 52.8 Å². The highest BCUT2D eigenvalue weighted by Gasteiger charge is 2.07. The number of pyridine rings is 1. The maximum Gasteiger partial charge on any atom is 0.274 e. The van der Waals surface area contributed by atoms with Crippen LogP contribution in [0.2, 0.25) is 0 Å². The predicted molar refractivity (Wildman–Crippen MR) is 98.0 cm³/mol. The highest BCUT2D eigenvalue weighted by molar-refractivity contribution is 9.10. The molecule has 2 N–H and O–H groups in total. The number of halogens is 1. The number of rotatable bonds is 7. The zero-order chi connectivity index (χ0) is 16.7. The lowest BCUT2D eigenvalue weighted by molar-refractivity contribution is 0.102. The Morgan fingerprint density at radius 3 is 2.70 bits per heavy atom. The minimum atomic E-state index is -0.220. The van der Waals surface area contributed by atoms with Gasteiger partial charge in [0.1, 0.15) is 5.69 Å². The van der Waals surface area contributed by atoms with E-state index in [2.05, 4.69) is 50.5 Å². The molecule has 0 atom stereocenters. The Balaban J connectivity index is 1.87. The van der Waals surface area contributed by atoms with Crippen molar-refractivity contribution in [3.8, 4) is 0 Å². The van der Waals surface area contributed by atoms with Crippen molar-refractivity contribution in [3.63, 3.8) is 0 Å². The topological polar surface area (TPSA) is 57.3 Å².